The summed E-state index contributed by atoms with van der Waals surface area (Å²) in [5, 5.41) is 10.9. The minimum absolute atomic E-state index is 0.103. The van der Waals surface area contributed by atoms with Crippen LogP contribution in [0.4, 0.5) is 0 Å². The number of ether oxygens (including phenoxy) is 2. The van der Waals surface area contributed by atoms with Crippen molar-refractivity contribution in [2.24, 2.45) is 0 Å². The van der Waals surface area contributed by atoms with E-state index in [-0.39, 0.29) is 33.7 Å². The summed E-state index contributed by atoms with van der Waals surface area (Å²) in [6.45, 7) is 1.97. The second-order valence-electron chi connectivity index (χ2n) is 6.76. The summed E-state index contributed by atoms with van der Waals surface area (Å²) < 4.78 is 10.4. The van der Waals surface area contributed by atoms with Crippen molar-refractivity contribution in [1.82, 2.24) is 9.97 Å². The number of benzene rings is 2. The minimum atomic E-state index is -0.254. The zero-order chi connectivity index (χ0) is 22.1. The standard InChI is InChI=1S/C23H19ClN2O4S/c1-12-18(14-7-5-4-6-8-14)19-22(28)25-21(26-23(19)31-12)15(24)9-13-10-16(29-2)20(27)17(11-13)30-3/h4-11,27H,1-3H3,(H,25,26,28)/b15-9-. The van der Waals surface area contributed by atoms with E-state index in [1.165, 1.54) is 25.6 Å². The van der Waals surface area contributed by atoms with Crippen LogP contribution in [0.3, 0.4) is 0 Å². The Balaban J connectivity index is 1.82. The van der Waals surface area contributed by atoms with Crippen molar-refractivity contribution in [3.8, 4) is 28.4 Å². The molecule has 2 aromatic heterocycles. The number of fused-ring (bicyclic) bond motifs is 1. The SMILES string of the molecule is COc1cc(/C=C(\Cl)c2nc3sc(C)c(-c4ccccc4)c3c(=O)[nH]2)cc(OC)c1O. The predicted octanol–water partition coefficient (Wildman–Crippen LogP) is 5.42. The number of nitrogens with one attached hydrogen (secondary N) is 1. The molecule has 6 nitrogen and oxygen atoms in total. The number of halogens is 1. The zero-order valence-electron chi connectivity index (χ0n) is 17.0. The molecule has 0 atom stereocenters. The molecule has 0 aliphatic heterocycles. The van der Waals surface area contributed by atoms with Crippen LogP contribution in [0.2, 0.25) is 0 Å². The Bertz CT molecular complexity index is 1330. The third kappa shape index (κ3) is 3.89. The van der Waals surface area contributed by atoms with Gasteiger partial charge in [0.2, 0.25) is 5.75 Å². The molecular formula is C23H19ClN2O4S. The van der Waals surface area contributed by atoms with Gasteiger partial charge in [-0.15, -0.1) is 11.3 Å². The highest BCUT2D eigenvalue weighted by atomic mass is 35.5. The molecule has 0 amide bonds. The van der Waals surface area contributed by atoms with E-state index in [2.05, 4.69) is 9.97 Å². The minimum Gasteiger partial charge on any atom is -0.502 e. The molecule has 0 bridgehead atoms. The first kappa shape index (κ1) is 21.0. The van der Waals surface area contributed by atoms with Crippen LogP contribution in [0.1, 0.15) is 16.3 Å². The number of phenolic OH excluding ortho intramolecular Hbond substituents is 1. The highest BCUT2D eigenvalue weighted by molar-refractivity contribution is 7.19. The van der Waals surface area contributed by atoms with Crippen LogP contribution in [0.15, 0.2) is 47.3 Å². The van der Waals surface area contributed by atoms with Crippen LogP contribution in [0.5, 0.6) is 17.2 Å². The van der Waals surface area contributed by atoms with E-state index < -0.39 is 0 Å². The molecule has 0 fully saturated rings. The number of aromatic nitrogens is 2. The Morgan fingerprint density at radius 2 is 1.81 bits per heavy atom. The zero-order valence-corrected chi connectivity index (χ0v) is 18.6. The van der Waals surface area contributed by atoms with Gasteiger partial charge in [0.25, 0.3) is 5.56 Å². The first-order valence-corrected chi connectivity index (χ1v) is 10.5. The summed E-state index contributed by atoms with van der Waals surface area (Å²) in [5.74, 6) is 0.640. The highest BCUT2D eigenvalue weighted by Gasteiger charge is 2.18. The van der Waals surface area contributed by atoms with Crippen LogP contribution in [-0.2, 0) is 0 Å². The molecule has 0 unspecified atom stereocenters. The Kier molecular flexibility index (Phi) is 5.71. The van der Waals surface area contributed by atoms with Gasteiger partial charge in [0.05, 0.1) is 24.6 Å². The molecule has 0 aliphatic rings. The van der Waals surface area contributed by atoms with Crippen molar-refractivity contribution >= 4 is 44.3 Å². The van der Waals surface area contributed by atoms with E-state index in [4.69, 9.17) is 21.1 Å². The first-order valence-electron chi connectivity index (χ1n) is 9.34. The van der Waals surface area contributed by atoms with Crippen LogP contribution >= 0.6 is 22.9 Å². The van der Waals surface area contributed by atoms with Gasteiger partial charge in [-0.1, -0.05) is 41.9 Å². The molecule has 0 radical (unpaired) electrons. The summed E-state index contributed by atoms with van der Waals surface area (Å²) in [7, 11) is 2.89. The van der Waals surface area contributed by atoms with Gasteiger partial charge in [-0.3, -0.25) is 4.79 Å². The number of aromatic hydroxyl groups is 1. The van der Waals surface area contributed by atoms with Gasteiger partial charge >= 0.3 is 0 Å². The lowest BCUT2D eigenvalue weighted by molar-refractivity contribution is 0.340. The molecule has 0 spiro atoms. The molecule has 2 N–H and O–H groups in total. The van der Waals surface area contributed by atoms with Gasteiger partial charge in [0, 0.05) is 10.4 Å². The van der Waals surface area contributed by atoms with E-state index in [9.17, 15) is 9.90 Å². The number of phenols is 1. The molecule has 0 saturated heterocycles. The van der Waals surface area contributed by atoms with E-state index in [0.717, 1.165) is 16.0 Å². The molecule has 8 heteroatoms. The Morgan fingerprint density at radius 1 is 1.16 bits per heavy atom. The van der Waals surface area contributed by atoms with Crippen molar-refractivity contribution in [1.29, 1.82) is 0 Å². The Hall–Kier alpha value is -3.29. The summed E-state index contributed by atoms with van der Waals surface area (Å²) >= 11 is 7.95. The second kappa shape index (κ2) is 8.45. The van der Waals surface area contributed by atoms with Crippen molar-refractivity contribution in [3.63, 3.8) is 0 Å². The number of hydrogen-bond acceptors (Lipinski definition) is 6. The fourth-order valence-corrected chi connectivity index (χ4v) is 4.66. The average molecular weight is 455 g/mol. The molecule has 31 heavy (non-hydrogen) atoms. The third-order valence-electron chi connectivity index (χ3n) is 4.82. The van der Waals surface area contributed by atoms with Crippen molar-refractivity contribution in [2.45, 2.75) is 6.92 Å². The molecular weight excluding hydrogens is 436 g/mol. The summed E-state index contributed by atoms with van der Waals surface area (Å²) in [6.07, 6.45) is 1.62. The van der Waals surface area contributed by atoms with Crippen LogP contribution in [0.25, 0.3) is 32.5 Å². The molecule has 2 aromatic carbocycles. The molecule has 0 aliphatic carbocycles. The van der Waals surface area contributed by atoms with E-state index in [1.54, 1.807) is 18.2 Å². The van der Waals surface area contributed by atoms with Gasteiger partial charge in [0.15, 0.2) is 17.3 Å². The number of hydrogen-bond donors (Lipinski definition) is 2. The fraction of sp³-hybridized carbons (Fsp3) is 0.130. The summed E-state index contributed by atoms with van der Waals surface area (Å²) in [6, 6.07) is 13.0. The van der Waals surface area contributed by atoms with Gasteiger partial charge in [-0.2, -0.15) is 0 Å². The highest BCUT2D eigenvalue weighted by Crippen LogP contribution is 2.39. The summed E-state index contributed by atoms with van der Waals surface area (Å²) in [4.78, 5) is 22.0. The normalized spacial score (nSPS) is 11.7. The number of aryl methyl sites for hydroxylation is 1. The van der Waals surface area contributed by atoms with Gasteiger partial charge in [-0.25, -0.2) is 4.98 Å². The van der Waals surface area contributed by atoms with Gasteiger partial charge < -0.3 is 19.6 Å². The van der Waals surface area contributed by atoms with Crippen molar-refractivity contribution in [3.05, 3.63) is 69.1 Å². The smallest absolute Gasteiger partial charge is 0.260 e. The van der Waals surface area contributed by atoms with Crippen molar-refractivity contribution in [2.75, 3.05) is 14.2 Å². The van der Waals surface area contributed by atoms with Crippen LogP contribution in [0, 0.1) is 6.92 Å². The molecule has 4 rings (SSSR count). The van der Waals surface area contributed by atoms with Crippen LogP contribution < -0.4 is 15.0 Å². The lowest BCUT2D eigenvalue weighted by Crippen LogP contribution is -2.10. The molecule has 2 heterocycles. The van der Waals surface area contributed by atoms with E-state index >= 15 is 0 Å². The Morgan fingerprint density at radius 3 is 2.42 bits per heavy atom. The van der Waals surface area contributed by atoms with E-state index in [1.807, 2.05) is 37.3 Å². The number of rotatable bonds is 5. The topological polar surface area (TPSA) is 84.4 Å². The number of thiophene rings is 1. The maximum atomic E-state index is 13.0. The average Bonchev–Trinajstić information content (AvgIpc) is 3.11. The number of methoxy groups -OCH3 is 2. The van der Waals surface area contributed by atoms with Gasteiger partial charge in [0.1, 0.15) is 4.83 Å². The number of aromatic amines is 1. The first-order chi connectivity index (χ1) is 14.9. The summed E-state index contributed by atoms with van der Waals surface area (Å²) in [5.41, 5.74) is 2.22. The molecule has 158 valence electrons. The lowest BCUT2D eigenvalue weighted by atomic mass is 10.0. The predicted molar refractivity (Wildman–Crippen MR) is 125 cm³/mol. The fourth-order valence-electron chi connectivity index (χ4n) is 3.40. The number of nitrogens with zero attached hydrogens (tertiary/aromatic N) is 1. The maximum absolute atomic E-state index is 13.0. The molecule has 4 aromatic rings. The lowest BCUT2D eigenvalue weighted by Gasteiger charge is -2.09. The second-order valence-corrected chi connectivity index (χ2v) is 8.37. The monoisotopic (exact) mass is 454 g/mol. The Labute approximate surface area is 187 Å². The van der Waals surface area contributed by atoms with Crippen LogP contribution in [-0.4, -0.2) is 29.3 Å². The largest absolute Gasteiger partial charge is 0.502 e. The quantitative estimate of drug-likeness (QED) is 0.420. The van der Waals surface area contributed by atoms with Crippen molar-refractivity contribution < 1.29 is 14.6 Å². The van der Waals surface area contributed by atoms with E-state index in [0.29, 0.717) is 15.8 Å². The molecule has 0 saturated carbocycles. The number of H-pyrrole nitrogens is 1. The van der Waals surface area contributed by atoms with Gasteiger partial charge in [-0.05, 0) is 36.3 Å². The third-order valence-corrected chi connectivity index (χ3v) is 6.11. The maximum Gasteiger partial charge on any atom is 0.260 e.